The molecule has 6 nitrogen and oxygen atoms in total. The quantitative estimate of drug-likeness (QED) is 0.834. The molecule has 1 heterocycles. The highest BCUT2D eigenvalue weighted by Crippen LogP contribution is 2.18. The molecule has 2 rings (SSSR count). The van der Waals surface area contributed by atoms with Crippen molar-refractivity contribution < 1.29 is 18.7 Å². The highest BCUT2D eigenvalue weighted by atomic mass is 16.6. The maximum atomic E-state index is 12.2. The summed E-state index contributed by atoms with van der Waals surface area (Å²) < 4.78 is 10.1. The minimum atomic E-state index is -0.983. The molecule has 1 atom stereocenters. The Hall–Kier alpha value is -2.37. The second kappa shape index (κ2) is 5.51. The van der Waals surface area contributed by atoms with Gasteiger partial charge in [-0.15, -0.1) is 0 Å². The first kappa shape index (κ1) is 13.1. The molecule has 0 bridgehead atoms. The number of Topliss-reactive ketones (excluding diaryl/α,β-unsaturated/α-hetero) is 1. The SMILES string of the molecule is CCC[C@H](OC(N)=O)C(=O)c1nc2ccccc2o1. The van der Waals surface area contributed by atoms with Crippen molar-refractivity contribution in [2.75, 3.05) is 0 Å². The average Bonchev–Trinajstić information content (AvgIpc) is 2.80. The number of primary amides is 1. The molecule has 6 heteroatoms. The zero-order valence-corrected chi connectivity index (χ0v) is 10.5. The number of oxazole rings is 1. The number of para-hydroxylation sites is 2. The number of fused-ring (bicyclic) bond motifs is 1. The molecule has 0 aliphatic heterocycles. The second-order valence-corrected chi connectivity index (χ2v) is 4.07. The first-order valence-corrected chi connectivity index (χ1v) is 5.97. The monoisotopic (exact) mass is 262 g/mol. The Morgan fingerprint density at radius 3 is 2.79 bits per heavy atom. The molecular weight excluding hydrogens is 248 g/mol. The van der Waals surface area contributed by atoms with Crippen molar-refractivity contribution in [2.45, 2.75) is 25.9 Å². The van der Waals surface area contributed by atoms with Crippen LogP contribution in [0.5, 0.6) is 0 Å². The second-order valence-electron chi connectivity index (χ2n) is 4.07. The number of ketones is 1. The van der Waals surface area contributed by atoms with E-state index in [2.05, 4.69) is 4.98 Å². The molecule has 0 aliphatic carbocycles. The topological polar surface area (TPSA) is 95.4 Å². The number of benzene rings is 1. The number of aromatic nitrogens is 1. The molecule has 0 unspecified atom stereocenters. The van der Waals surface area contributed by atoms with Gasteiger partial charge in [-0.1, -0.05) is 25.5 Å². The van der Waals surface area contributed by atoms with Crippen LogP contribution in [0.15, 0.2) is 28.7 Å². The molecule has 100 valence electrons. The van der Waals surface area contributed by atoms with Crippen LogP contribution in [-0.4, -0.2) is 23.0 Å². The van der Waals surface area contributed by atoms with Crippen LogP contribution in [-0.2, 0) is 4.74 Å². The summed E-state index contributed by atoms with van der Waals surface area (Å²) in [6.07, 6.45) is -0.886. The van der Waals surface area contributed by atoms with E-state index >= 15 is 0 Å². The van der Waals surface area contributed by atoms with Crippen molar-refractivity contribution >= 4 is 23.0 Å². The number of carbonyl (C=O) groups is 2. The van der Waals surface area contributed by atoms with Gasteiger partial charge in [-0.25, -0.2) is 9.78 Å². The van der Waals surface area contributed by atoms with Crippen molar-refractivity contribution in [3.8, 4) is 0 Å². The van der Waals surface area contributed by atoms with Gasteiger partial charge in [0, 0.05) is 0 Å². The van der Waals surface area contributed by atoms with Gasteiger partial charge in [0.15, 0.2) is 11.7 Å². The third kappa shape index (κ3) is 2.90. The summed E-state index contributed by atoms with van der Waals surface area (Å²) in [6.45, 7) is 1.87. The molecule has 0 radical (unpaired) electrons. The van der Waals surface area contributed by atoms with E-state index in [0.29, 0.717) is 23.9 Å². The molecule has 2 aromatic rings. The Labute approximate surface area is 109 Å². The van der Waals surface area contributed by atoms with Crippen molar-refractivity contribution in [2.24, 2.45) is 5.73 Å². The maximum absolute atomic E-state index is 12.2. The number of hydrogen-bond donors (Lipinski definition) is 1. The van der Waals surface area contributed by atoms with Gasteiger partial charge in [-0.2, -0.15) is 0 Å². The van der Waals surface area contributed by atoms with Crippen molar-refractivity contribution in [3.05, 3.63) is 30.2 Å². The van der Waals surface area contributed by atoms with Crippen LogP contribution in [0.1, 0.15) is 30.5 Å². The molecule has 1 aromatic carbocycles. The lowest BCUT2D eigenvalue weighted by Crippen LogP contribution is -2.30. The first-order chi connectivity index (χ1) is 9.11. The summed E-state index contributed by atoms with van der Waals surface area (Å²) in [5.74, 6) is -0.544. The van der Waals surface area contributed by atoms with Gasteiger partial charge in [0.1, 0.15) is 5.52 Å². The van der Waals surface area contributed by atoms with Crippen LogP contribution in [0, 0.1) is 0 Å². The van der Waals surface area contributed by atoms with Crippen molar-refractivity contribution in [1.29, 1.82) is 0 Å². The number of carbonyl (C=O) groups excluding carboxylic acids is 2. The zero-order chi connectivity index (χ0) is 13.8. The summed E-state index contributed by atoms with van der Waals surface area (Å²) in [6, 6.07) is 7.02. The molecule has 19 heavy (non-hydrogen) atoms. The molecule has 0 spiro atoms. The van der Waals surface area contributed by atoms with E-state index in [-0.39, 0.29) is 5.89 Å². The van der Waals surface area contributed by atoms with Gasteiger partial charge < -0.3 is 14.9 Å². The Kier molecular flexibility index (Phi) is 3.79. The van der Waals surface area contributed by atoms with Crippen LogP contribution < -0.4 is 5.73 Å². The highest BCUT2D eigenvalue weighted by molar-refractivity contribution is 5.98. The van der Waals surface area contributed by atoms with E-state index in [9.17, 15) is 9.59 Å². The Bertz CT molecular complexity index is 572. The molecular formula is C13H14N2O4. The highest BCUT2D eigenvalue weighted by Gasteiger charge is 2.27. The van der Waals surface area contributed by atoms with Crippen LogP contribution in [0.25, 0.3) is 11.1 Å². The van der Waals surface area contributed by atoms with E-state index < -0.39 is 18.0 Å². The molecule has 1 amide bonds. The van der Waals surface area contributed by atoms with Crippen LogP contribution in [0.4, 0.5) is 4.79 Å². The number of ether oxygens (including phenoxy) is 1. The summed E-state index contributed by atoms with van der Waals surface area (Å²) >= 11 is 0. The van der Waals surface area contributed by atoms with E-state index in [0.717, 1.165) is 0 Å². The third-order valence-corrected chi connectivity index (χ3v) is 2.61. The normalized spacial score (nSPS) is 12.3. The summed E-state index contributed by atoms with van der Waals surface area (Å²) in [5.41, 5.74) is 6.05. The predicted octanol–water partition coefficient (Wildman–Crippen LogP) is 2.27. The summed E-state index contributed by atoms with van der Waals surface area (Å²) in [4.78, 5) is 27.0. The lowest BCUT2D eigenvalue weighted by Gasteiger charge is -2.12. The Balaban J connectivity index is 2.27. The average molecular weight is 262 g/mol. The minimum absolute atomic E-state index is 0.0686. The Morgan fingerprint density at radius 1 is 1.42 bits per heavy atom. The van der Waals surface area contributed by atoms with E-state index in [1.54, 1.807) is 24.3 Å². The first-order valence-electron chi connectivity index (χ1n) is 5.97. The van der Waals surface area contributed by atoms with E-state index in [4.69, 9.17) is 14.9 Å². The van der Waals surface area contributed by atoms with Gasteiger partial charge in [-0.3, -0.25) is 4.79 Å². The predicted molar refractivity (Wildman–Crippen MR) is 67.7 cm³/mol. The fourth-order valence-electron chi connectivity index (χ4n) is 1.76. The van der Waals surface area contributed by atoms with Crippen LogP contribution in [0.3, 0.4) is 0 Å². The standard InChI is InChI=1S/C13H14N2O4/c1-2-5-10(19-13(14)17)11(16)12-15-8-6-3-4-7-9(8)18-12/h3-4,6-7,10H,2,5H2,1H3,(H2,14,17)/t10-/m0/s1. The fourth-order valence-corrected chi connectivity index (χ4v) is 1.76. The van der Waals surface area contributed by atoms with Gasteiger partial charge >= 0.3 is 6.09 Å². The minimum Gasteiger partial charge on any atom is -0.438 e. The van der Waals surface area contributed by atoms with Crippen molar-refractivity contribution in [1.82, 2.24) is 4.98 Å². The summed E-state index contributed by atoms with van der Waals surface area (Å²) in [7, 11) is 0. The van der Waals surface area contributed by atoms with Crippen LogP contribution in [0.2, 0.25) is 0 Å². The number of amides is 1. The van der Waals surface area contributed by atoms with Gasteiger partial charge in [0.25, 0.3) is 11.7 Å². The van der Waals surface area contributed by atoms with Gasteiger partial charge in [0.2, 0.25) is 0 Å². The molecule has 0 saturated carbocycles. The fraction of sp³-hybridized carbons (Fsp3) is 0.308. The van der Waals surface area contributed by atoms with E-state index in [1.165, 1.54) is 0 Å². The maximum Gasteiger partial charge on any atom is 0.405 e. The largest absolute Gasteiger partial charge is 0.438 e. The lowest BCUT2D eigenvalue weighted by molar-refractivity contribution is 0.0603. The molecule has 0 aliphatic rings. The molecule has 0 saturated heterocycles. The molecule has 1 aromatic heterocycles. The lowest BCUT2D eigenvalue weighted by atomic mass is 10.1. The third-order valence-electron chi connectivity index (χ3n) is 2.61. The zero-order valence-electron chi connectivity index (χ0n) is 10.5. The van der Waals surface area contributed by atoms with Crippen molar-refractivity contribution in [3.63, 3.8) is 0 Å². The number of rotatable bonds is 5. The van der Waals surface area contributed by atoms with Gasteiger partial charge in [-0.05, 0) is 18.6 Å². The molecule has 0 fully saturated rings. The number of nitrogens with zero attached hydrogens (tertiary/aromatic N) is 1. The van der Waals surface area contributed by atoms with E-state index in [1.807, 2.05) is 6.92 Å². The van der Waals surface area contributed by atoms with Crippen LogP contribution >= 0.6 is 0 Å². The number of nitrogens with two attached hydrogens (primary N) is 1. The molecule has 2 N–H and O–H groups in total. The Morgan fingerprint density at radius 2 is 2.16 bits per heavy atom. The smallest absolute Gasteiger partial charge is 0.405 e. The summed E-state index contributed by atoms with van der Waals surface area (Å²) in [5, 5.41) is 0. The van der Waals surface area contributed by atoms with Gasteiger partial charge in [0.05, 0.1) is 0 Å². The number of hydrogen-bond acceptors (Lipinski definition) is 5.